The molecule has 0 bridgehead atoms. The number of ether oxygens (including phenoxy) is 3. The molecule has 0 saturated heterocycles. The molecule has 0 spiro atoms. The molecule has 0 amide bonds. The highest BCUT2D eigenvalue weighted by Crippen LogP contribution is 2.24. The van der Waals surface area contributed by atoms with Crippen molar-refractivity contribution in [3.8, 4) is 11.5 Å². The molecule has 0 N–H and O–H groups in total. The number of hydrogen-bond acceptors (Lipinski definition) is 5. The van der Waals surface area contributed by atoms with E-state index in [-0.39, 0.29) is 5.56 Å². The number of esters is 1. The lowest BCUT2D eigenvalue weighted by molar-refractivity contribution is -0.135. The molecular formula is C11H12O5. The molecule has 0 unspecified atom stereocenters. The molecule has 5 nitrogen and oxygen atoms in total. The number of benzene rings is 1. The van der Waals surface area contributed by atoms with Crippen LogP contribution in [0.5, 0.6) is 11.5 Å². The molecule has 0 aromatic heterocycles. The zero-order chi connectivity index (χ0) is 12.1. The number of Topliss-reactive ketones (excluding diaryl/α,β-unsaturated/α-hetero) is 1. The highest BCUT2D eigenvalue weighted by molar-refractivity contribution is 6.41. The standard InChI is InChI=1S/C11H12O5/c1-14-7-4-5-9(15-2)8(6-7)10(12)11(13)16-3/h4-6H,1-3H3. The molecule has 0 heterocycles. The Hall–Kier alpha value is -2.04. The average Bonchev–Trinajstić information content (AvgIpc) is 2.35. The predicted octanol–water partition coefficient (Wildman–Crippen LogP) is 1.06. The fraction of sp³-hybridized carbons (Fsp3) is 0.273. The quantitative estimate of drug-likeness (QED) is 0.434. The van der Waals surface area contributed by atoms with Crippen molar-refractivity contribution in [3.05, 3.63) is 23.8 Å². The summed E-state index contributed by atoms with van der Waals surface area (Å²) in [6.45, 7) is 0. The summed E-state index contributed by atoms with van der Waals surface area (Å²) in [5.74, 6) is -0.936. The van der Waals surface area contributed by atoms with Crippen LogP contribution in [0.15, 0.2) is 18.2 Å². The highest BCUT2D eigenvalue weighted by Gasteiger charge is 2.21. The van der Waals surface area contributed by atoms with Crippen LogP contribution in [0.4, 0.5) is 0 Å². The van der Waals surface area contributed by atoms with Crippen molar-refractivity contribution < 1.29 is 23.8 Å². The van der Waals surface area contributed by atoms with Gasteiger partial charge in [-0.15, -0.1) is 0 Å². The molecule has 0 saturated carbocycles. The second-order valence-corrected chi connectivity index (χ2v) is 2.89. The molecule has 0 aliphatic rings. The van der Waals surface area contributed by atoms with E-state index in [9.17, 15) is 9.59 Å². The van der Waals surface area contributed by atoms with Gasteiger partial charge < -0.3 is 14.2 Å². The molecule has 0 aliphatic heterocycles. The van der Waals surface area contributed by atoms with E-state index in [0.29, 0.717) is 11.5 Å². The van der Waals surface area contributed by atoms with Gasteiger partial charge in [-0.05, 0) is 18.2 Å². The van der Waals surface area contributed by atoms with Crippen molar-refractivity contribution in [2.24, 2.45) is 0 Å². The minimum Gasteiger partial charge on any atom is -0.497 e. The molecule has 0 atom stereocenters. The zero-order valence-corrected chi connectivity index (χ0v) is 9.27. The molecule has 1 aromatic rings. The number of carbonyl (C=O) groups is 2. The lowest BCUT2D eigenvalue weighted by Gasteiger charge is -2.08. The van der Waals surface area contributed by atoms with Crippen molar-refractivity contribution in [1.82, 2.24) is 0 Å². The van der Waals surface area contributed by atoms with Crippen LogP contribution in [0.2, 0.25) is 0 Å². The SMILES string of the molecule is COC(=O)C(=O)c1cc(OC)ccc1OC. The lowest BCUT2D eigenvalue weighted by atomic mass is 10.1. The van der Waals surface area contributed by atoms with E-state index in [2.05, 4.69) is 4.74 Å². The van der Waals surface area contributed by atoms with Crippen LogP contribution in [-0.2, 0) is 9.53 Å². The monoisotopic (exact) mass is 224 g/mol. The Bertz CT molecular complexity index is 411. The second kappa shape index (κ2) is 5.16. The third kappa shape index (κ3) is 2.31. The second-order valence-electron chi connectivity index (χ2n) is 2.89. The van der Waals surface area contributed by atoms with Crippen molar-refractivity contribution in [3.63, 3.8) is 0 Å². The van der Waals surface area contributed by atoms with Crippen LogP contribution in [0, 0.1) is 0 Å². The minimum atomic E-state index is -0.938. The zero-order valence-electron chi connectivity index (χ0n) is 9.27. The van der Waals surface area contributed by atoms with Gasteiger partial charge in [0, 0.05) is 0 Å². The fourth-order valence-electron chi connectivity index (χ4n) is 1.19. The number of ketones is 1. The summed E-state index contributed by atoms with van der Waals surface area (Å²) >= 11 is 0. The predicted molar refractivity (Wildman–Crippen MR) is 55.9 cm³/mol. The molecule has 0 fully saturated rings. The third-order valence-corrected chi connectivity index (χ3v) is 2.02. The van der Waals surface area contributed by atoms with Crippen LogP contribution in [-0.4, -0.2) is 33.1 Å². The third-order valence-electron chi connectivity index (χ3n) is 2.02. The van der Waals surface area contributed by atoms with Gasteiger partial charge in [0.1, 0.15) is 11.5 Å². The Morgan fingerprint density at radius 2 is 1.75 bits per heavy atom. The minimum absolute atomic E-state index is 0.119. The van der Waals surface area contributed by atoms with Crippen molar-refractivity contribution >= 4 is 11.8 Å². The number of rotatable bonds is 4. The van der Waals surface area contributed by atoms with E-state index in [0.717, 1.165) is 7.11 Å². The first-order valence-corrected chi connectivity index (χ1v) is 4.48. The van der Waals surface area contributed by atoms with E-state index >= 15 is 0 Å². The molecule has 1 aromatic carbocycles. The summed E-state index contributed by atoms with van der Waals surface area (Å²) in [5.41, 5.74) is 0.119. The summed E-state index contributed by atoms with van der Waals surface area (Å²) in [5, 5.41) is 0. The van der Waals surface area contributed by atoms with Crippen LogP contribution in [0.3, 0.4) is 0 Å². The molecule has 0 radical (unpaired) electrons. The summed E-state index contributed by atoms with van der Waals surface area (Å²) in [7, 11) is 4.02. The van der Waals surface area contributed by atoms with Gasteiger partial charge in [0.2, 0.25) is 0 Å². The molecule has 16 heavy (non-hydrogen) atoms. The molecular weight excluding hydrogens is 212 g/mol. The Labute approximate surface area is 92.9 Å². The summed E-state index contributed by atoms with van der Waals surface area (Å²) in [4.78, 5) is 22.7. The normalized spacial score (nSPS) is 9.44. The van der Waals surface area contributed by atoms with Crippen molar-refractivity contribution in [2.45, 2.75) is 0 Å². The van der Waals surface area contributed by atoms with E-state index in [1.54, 1.807) is 12.1 Å². The first-order chi connectivity index (χ1) is 7.63. The maximum Gasteiger partial charge on any atom is 0.379 e. The van der Waals surface area contributed by atoms with Gasteiger partial charge in [-0.3, -0.25) is 4.79 Å². The number of carbonyl (C=O) groups excluding carboxylic acids is 2. The van der Waals surface area contributed by atoms with Crippen LogP contribution in [0.1, 0.15) is 10.4 Å². The largest absolute Gasteiger partial charge is 0.497 e. The van der Waals surface area contributed by atoms with E-state index in [1.807, 2.05) is 0 Å². The highest BCUT2D eigenvalue weighted by atomic mass is 16.5. The van der Waals surface area contributed by atoms with Crippen LogP contribution >= 0.6 is 0 Å². The fourth-order valence-corrected chi connectivity index (χ4v) is 1.19. The average molecular weight is 224 g/mol. The van der Waals surface area contributed by atoms with Gasteiger partial charge in [0.05, 0.1) is 26.9 Å². The van der Waals surface area contributed by atoms with Gasteiger partial charge in [0.25, 0.3) is 5.78 Å². The Morgan fingerprint density at radius 1 is 1.06 bits per heavy atom. The van der Waals surface area contributed by atoms with Crippen molar-refractivity contribution in [1.29, 1.82) is 0 Å². The summed E-state index contributed by atoms with van der Waals surface area (Å²) in [6.07, 6.45) is 0. The topological polar surface area (TPSA) is 61.8 Å². The van der Waals surface area contributed by atoms with Crippen molar-refractivity contribution in [2.75, 3.05) is 21.3 Å². The summed E-state index contributed by atoms with van der Waals surface area (Å²) < 4.78 is 14.3. The van der Waals surface area contributed by atoms with E-state index in [1.165, 1.54) is 20.3 Å². The van der Waals surface area contributed by atoms with Gasteiger partial charge >= 0.3 is 5.97 Å². The Morgan fingerprint density at radius 3 is 2.25 bits per heavy atom. The Kier molecular flexibility index (Phi) is 3.88. The van der Waals surface area contributed by atoms with Gasteiger partial charge in [0.15, 0.2) is 0 Å². The van der Waals surface area contributed by atoms with Gasteiger partial charge in [-0.2, -0.15) is 0 Å². The number of methoxy groups -OCH3 is 3. The van der Waals surface area contributed by atoms with Gasteiger partial charge in [-0.1, -0.05) is 0 Å². The first kappa shape index (κ1) is 12.0. The lowest BCUT2D eigenvalue weighted by Crippen LogP contribution is -2.16. The molecule has 1 rings (SSSR count). The van der Waals surface area contributed by atoms with E-state index < -0.39 is 11.8 Å². The molecule has 0 aliphatic carbocycles. The van der Waals surface area contributed by atoms with Crippen LogP contribution < -0.4 is 9.47 Å². The number of hydrogen-bond donors (Lipinski definition) is 0. The maximum atomic E-state index is 11.6. The molecule has 5 heteroatoms. The van der Waals surface area contributed by atoms with E-state index in [4.69, 9.17) is 9.47 Å². The summed E-state index contributed by atoms with van der Waals surface area (Å²) in [6, 6.07) is 4.61. The van der Waals surface area contributed by atoms with Gasteiger partial charge in [-0.25, -0.2) is 4.79 Å². The first-order valence-electron chi connectivity index (χ1n) is 4.48. The maximum absolute atomic E-state index is 11.6. The molecule has 86 valence electrons. The smallest absolute Gasteiger partial charge is 0.379 e. The Balaban J connectivity index is 3.18. The van der Waals surface area contributed by atoms with Crippen LogP contribution in [0.25, 0.3) is 0 Å².